The van der Waals surface area contributed by atoms with E-state index in [0.717, 1.165) is 24.3 Å². The highest BCUT2D eigenvalue weighted by atomic mass is 35.5. The van der Waals surface area contributed by atoms with Gasteiger partial charge in [-0.15, -0.1) is 10.2 Å². The molecule has 0 atom stereocenters. The molecule has 1 amide bonds. The number of benzene rings is 1. The number of halogens is 1. The van der Waals surface area contributed by atoms with Crippen LogP contribution in [-0.4, -0.2) is 29.8 Å². The van der Waals surface area contributed by atoms with E-state index in [1.165, 1.54) is 18.4 Å². The number of carbonyl (C=O) groups excluding carboxylic acids is 1. The first-order valence-corrected chi connectivity index (χ1v) is 8.97. The van der Waals surface area contributed by atoms with Crippen molar-refractivity contribution in [3.8, 4) is 11.5 Å². The first kappa shape index (κ1) is 17.0. The molecular formula is C16H18ClN3O3S. The number of amides is 1. The molecule has 0 spiro atoms. The topological polar surface area (TPSA) is 73.3 Å². The summed E-state index contributed by atoms with van der Waals surface area (Å²) in [5.41, 5.74) is 0.379. The molecule has 1 heterocycles. The van der Waals surface area contributed by atoms with Crippen LogP contribution in [-0.2, 0) is 0 Å². The molecule has 0 saturated heterocycles. The first-order chi connectivity index (χ1) is 11.6. The molecule has 0 unspecified atom stereocenters. The fourth-order valence-corrected chi connectivity index (χ4v) is 3.32. The van der Waals surface area contributed by atoms with Gasteiger partial charge in [0.05, 0.1) is 18.7 Å². The second-order valence-corrected chi connectivity index (χ2v) is 6.93. The predicted molar refractivity (Wildman–Crippen MR) is 93.6 cm³/mol. The van der Waals surface area contributed by atoms with E-state index in [-0.39, 0.29) is 5.91 Å². The Balaban J connectivity index is 1.76. The standard InChI is InChI=1S/C16H18ClN3O3S/c1-3-6-23-13-11(17)7-10(8-12(13)22-2)14(21)18-16-20-19-15(24-16)9-4-5-9/h7-9H,3-6H2,1-2H3,(H,18,20,21). The Morgan fingerprint density at radius 2 is 2.21 bits per heavy atom. The Labute approximate surface area is 149 Å². The van der Waals surface area contributed by atoms with Crippen molar-refractivity contribution in [2.45, 2.75) is 32.1 Å². The summed E-state index contributed by atoms with van der Waals surface area (Å²) in [6, 6.07) is 3.17. The van der Waals surface area contributed by atoms with E-state index in [4.69, 9.17) is 21.1 Å². The normalized spacial score (nSPS) is 13.6. The summed E-state index contributed by atoms with van der Waals surface area (Å²) in [6.45, 7) is 2.52. The number of carbonyl (C=O) groups is 1. The number of anilines is 1. The molecule has 2 aromatic rings. The van der Waals surface area contributed by atoms with Gasteiger partial charge in [-0.3, -0.25) is 10.1 Å². The molecule has 3 rings (SSSR count). The third-order valence-corrected chi connectivity index (χ3v) is 4.81. The third-order valence-electron chi connectivity index (χ3n) is 3.53. The van der Waals surface area contributed by atoms with Gasteiger partial charge >= 0.3 is 0 Å². The summed E-state index contributed by atoms with van der Waals surface area (Å²) in [4.78, 5) is 12.4. The average Bonchev–Trinajstić information content (AvgIpc) is 3.33. The van der Waals surface area contributed by atoms with E-state index in [1.54, 1.807) is 12.1 Å². The Hall–Kier alpha value is -1.86. The molecule has 6 nitrogen and oxygen atoms in total. The highest BCUT2D eigenvalue weighted by Crippen LogP contribution is 2.42. The molecule has 1 aliphatic rings. The average molecular weight is 368 g/mol. The molecule has 8 heteroatoms. The maximum atomic E-state index is 12.4. The summed E-state index contributed by atoms with van der Waals surface area (Å²) in [5.74, 6) is 1.08. The lowest BCUT2D eigenvalue weighted by Gasteiger charge is -2.13. The molecule has 1 aromatic heterocycles. The minimum absolute atomic E-state index is 0.310. The second-order valence-electron chi connectivity index (χ2n) is 5.51. The number of hydrogen-bond donors (Lipinski definition) is 1. The summed E-state index contributed by atoms with van der Waals surface area (Å²) in [5, 5.41) is 12.7. The minimum atomic E-state index is -0.310. The summed E-state index contributed by atoms with van der Waals surface area (Å²) >= 11 is 7.65. The van der Waals surface area contributed by atoms with E-state index in [0.29, 0.717) is 39.7 Å². The molecule has 128 valence electrons. The predicted octanol–water partition coefficient (Wildman–Crippen LogP) is 4.12. The van der Waals surface area contributed by atoms with Gasteiger partial charge in [-0.05, 0) is 31.4 Å². The van der Waals surface area contributed by atoms with E-state index in [9.17, 15) is 4.79 Å². The minimum Gasteiger partial charge on any atom is -0.493 e. The SMILES string of the molecule is CCCOc1c(Cl)cc(C(=O)Nc2nnc(C3CC3)s2)cc1OC. The van der Waals surface area contributed by atoms with Gasteiger partial charge in [0.1, 0.15) is 5.01 Å². The van der Waals surface area contributed by atoms with Gasteiger partial charge in [0.15, 0.2) is 11.5 Å². The quantitative estimate of drug-likeness (QED) is 0.796. The van der Waals surface area contributed by atoms with Crippen LogP contribution in [0.15, 0.2) is 12.1 Å². The fraction of sp³-hybridized carbons (Fsp3) is 0.438. The van der Waals surface area contributed by atoms with Crippen molar-refractivity contribution in [1.29, 1.82) is 0 Å². The highest BCUT2D eigenvalue weighted by Gasteiger charge is 2.28. The Bertz CT molecular complexity index is 746. The van der Waals surface area contributed by atoms with Crippen LogP contribution >= 0.6 is 22.9 Å². The van der Waals surface area contributed by atoms with Crippen molar-refractivity contribution >= 4 is 34.0 Å². The zero-order valence-corrected chi connectivity index (χ0v) is 15.0. The van der Waals surface area contributed by atoms with Gasteiger partial charge in [-0.2, -0.15) is 0 Å². The molecule has 0 aliphatic heterocycles. The molecule has 1 N–H and O–H groups in total. The van der Waals surface area contributed by atoms with E-state index < -0.39 is 0 Å². The largest absolute Gasteiger partial charge is 0.493 e. The van der Waals surface area contributed by atoms with Crippen LogP contribution in [0, 0.1) is 0 Å². The van der Waals surface area contributed by atoms with Crippen LogP contribution in [0.2, 0.25) is 5.02 Å². The maximum absolute atomic E-state index is 12.4. The van der Waals surface area contributed by atoms with Crippen molar-refractivity contribution in [2.75, 3.05) is 19.0 Å². The number of nitrogens with one attached hydrogen (secondary N) is 1. The number of methoxy groups -OCH3 is 1. The molecule has 1 aromatic carbocycles. The van der Waals surface area contributed by atoms with Crippen molar-refractivity contribution in [3.05, 3.63) is 27.7 Å². The fourth-order valence-electron chi connectivity index (χ4n) is 2.14. The molecule has 1 saturated carbocycles. The second kappa shape index (κ2) is 7.36. The van der Waals surface area contributed by atoms with Gasteiger partial charge in [0.2, 0.25) is 5.13 Å². The zero-order chi connectivity index (χ0) is 17.1. The van der Waals surface area contributed by atoms with Crippen LogP contribution < -0.4 is 14.8 Å². The van der Waals surface area contributed by atoms with Crippen molar-refractivity contribution in [2.24, 2.45) is 0 Å². The number of rotatable bonds is 7. The summed E-state index contributed by atoms with van der Waals surface area (Å²) in [6.07, 6.45) is 3.14. The van der Waals surface area contributed by atoms with Gasteiger partial charge in [-0.1, -0.05) is 29.9 Å². The molecule has 24 heavy (non-hydrogen) atoms. The van der Waals surface area contributed by atoms with Crippen LogP contribution in [0.1, 0.15) is 47.5 Å². The molecule has 1 aliphatic carbocycles. The van der Waals surface area contributed by atoms with Crippen molar-refractivity contribution in [1.82, 2.24) is 10.2 Å². The Morgan fingerprint density at radius 1 is 1.42 bits per heavy atom. The van der Waals surface area contributed by atoms with Gasteiger partial charge in [0, 0.05) is 11.5 Å². The smallest absolute Gasteiger partial charge is 0.257 e. The van der Waals surface area contributed by atoms with Gasteiger partial charge in [0.25, 0.3) is 5.91 Å². The summed E-state index contributed by atoms with van der Waals surface area (Å²) in [7, 11) is 1.51. The molecule has 0 radical (unpaired) electrons. The highest BCUT2D eigenvalue weighted by molar-refractivity contribution is 7.15. The van der Waals surface area contributed by atoms with Gasteiger partial charge in [-0.25, -0.2) is 0 Å². The van der Waals surface area contributed by atoms with Crippen LogP contribution in [0.5, 0.6) is 11.5 Å². The number of ether oxygens (including phenoxy) is 2. The summed E-state index contributed by atoms with van der Waals surface area (Å²) < 4.78 is 10.9. The Morgan fingerprint density at radius 3 is 2.88 bits per heavy atom. The first-order valence-electron chi connectivity index (χ1n) is 7.77. The van der Waals surface area contributed by atoms with Gasteiger partial charge < -0.3 is 9.47 Å². The lowest BCUT2D eigenvalue weighted by atomic mass is 10.2. The van der Waals surface area contributed by atoms with Crippen LogP contribution in [0.4, 0.5) is 5.13 Å². The van der Waals surface area contributed by atoms with E-state index in [2.05, 4.69) is 15.5 Å². The number of nitrogens with zero attached hydrogens (tertiary/aromatic N) is 2. The van der Waals surface area contributed by atoms with E-state index >= 15 is 0 Å². The monoisotopic (exact) mass is 367 g/mol. The van der Waals surface area contributed by atoms with Crippen molar-refractivity contribution in [3.63, 3.8) is 0 Å². The lowest BCUT2D eigenvalue weighted by Crippen LogP contribution is -2.12. The van der Waals surface area contributed by atoms with Crippen molar-refractivity contribution < 1.29 is 14.3 Å². The maximum Gasteiger partial charge on any atom is 0.257 e. The molecule has 0 bridgehead atoms. The van der Waals surface area contributed by atoms with Crippen LogP contribution in [0.25, 0.3) is 0 Å². The third kappa shape index (κ3) is 3.79. The van der Waals surface area contributed by atoms with E-state index in [1.807, 2.05) is 6.92 Å². The number of hydrogen-bond acceptors (Lipinski definition) is 6. The molecule has 1 fully saturated rings. The number of aromatic nitrogens is 2. The lowest BCUT2D eigenvalue weighted by molar-refractivity contribution is 0.102. The van der Waals surface area contributed by atoms with Crippen LogP contribution in [0.3, 0.4) is 0 Å². The Kier molecular flexibility index (Phi) is 5.20. The zero-order valence-electron chi connectivity index (χ0n) is 13.5. The molecular weight excluding hydrogens is 350 g/mol.